The third-order valence-corrected chi connectivity index (χ3v) is 7.50. The van der Waals surface area contributed by atoms with Gasteiger partial charge in [0, 0.05) is 31.4 Å². The summed E-state index contributed by atoms with van der Waals surface area (Å²) in [5.41, 5.74) is 0.558. The van der Waals surface area contributed by atoms with E-state index in [-0.39, 0.29) is 23.4 Å². The maximum Gasteiger partial charge on any atom is 0.416 e. The number of amides is 1. The van der Waals surface area contributed by atoms with Gasteiger partial charge in [-0.2, -0.15) is 13.2 Å². The Morgan fingerprint density at radius 1 is 1.32 bits per heavy atom. The summed E-state index contributed by atoms with van der Waals surface area (Å²) in [6.07, 6.45) is 1.41. The van der Waals surface area contributed by atoms with Gasteiger partial charge in [-0.1, -0.05) is 13.8 Å². The fourth-order valence-corrected chi connectivity index (χ4v) is 5.96. The van der Waals surface area contributed by atoms with Gasteiger partial charge in [0.15, 0.2) is 0 Å². The summed E-state index contributed by atoms with van der Waals surface area (Å²) < 4.78 is 40.3. The fraction of sp³-hybridized carbons (Fsp3) is 0.692. The highest BCUT2D eigenvalue weighted by molar-refractivity contribution is 5.71. The normalized spacial score (nSPS) is 25.2. The van der Waals surface area contributed by atoms with Gasteiger partial charge in [-0.3, -0.25) is 9.78 Å². The van der Waals surface area contributed by atoms with Crippen LogP contribution in [0.4, 0.5) is 13.2 Å². The van der Waals surface area contributed by atoms with E-state index in [1.54, 1.807) is 18.7 Å². The van der Waals surface area contributed by atoms with Crippen molar-refractivity contribution in [2.75, 3.05) is 13.1 Å². The average Bonchev–Trinajstić information content (AvgIpc) is 3.16. The van der Waals surface area contributed by atoms with Crippen molar-refractivity contribution in [3.05, 3.63) is 35.2 Å². The maximum absolute atomic E-state index is 13.4. The first-order chi connectivity index (χ1) is 15.7. The minimum Gasteiger partial charge on any atom is -0.390 e. The lowest BCUT2D eigenvalue weighted by molar-refractivity contribution is -0.137. The molecule has 2 heterocycles. The standard InChI is InChI=1S/C26H38F3N3O2/c1-17(2)25(9-6-20(14-25)31-18(3)13-24(4,5)34)22-15-32(16-33)11-8-21(22)23-12-19(7-10-30-23)26(27,28)29/h7,10,12,16-18,20,31,34H,6,8-9,11,13-15H2,1-5H3/t18?,20-,25+/m1/s1. The Morgan fingerprint density at radius 2 is 2.03 bits per heavy atom. The van der Waals surface area contributed by atoms with E-state index < -0.39 is 17.3 Å². The van der Waals surface area contributed by atoms with Crippen molar-refractivity contribution in [1.29, 1.82) is 0 Å². The van der Waals surface area contributed by atoms with Gasteiger partial charge in [0.05, 0.1) is 16.9 Å². The second-order valence-electron chi connectivity index (χ2n) is 11.0. The van der Waals surface area contributed by atoms with Gasteiger partial charge in [0.25, 0.3) is 0 Å². The summed E-state index contributed by atoms with van der Waals surface area (Å²) in [7, 11) is 0. The smallest absolute Gasteiger partial charge is 0.390 e. The molecule has 1 aromatic heterocycles. The molecule has 1 aliphatic carbocycles. The first-order valence-corrected chi connectivity index (χ1v) is 12.2. The highest BCUT2D eigenvalue weighted by Gasteiger charge is 2.47. The Balaban J connectivity index is 1.99. The van der Waals surface area contributed by atoms with Crippen LogP contribution in [0.15, 0.2) is 23.9 Å². The molecule has 3 atom stereocenters. The van der Waals surface area contributed by atoms with E-state index in [4.69, 9.17) is 0 Å². The van der Waals surface area contributed by atoms with E-state index >= 15 is 0 Å². The van der Waals surface area contributed by atoms with Gasteiger partial charge < -0.3 is 15.3 Å². The minimum absolute atomic E-state index is 0.129. The number of carbonyl (C=O) groups is 1. The summed E-state index contributed by atoms with van der Waals surface area (Å²) in [5, 5.41) is 13.8. The zero-order valence-electron chi connectivity index (χ0n) is 20.9. The maximum atomic E-state index is 13.4. The van der Waals surface area contributed by atoms with Crippen LogP contribution in [0.5, 0.6) is 0 Å². The molecule has 1 fully saturated rings. The summed E-state index contributed by atoms with van der Waals surface area (Å²) in [6, 6.07) is 2.51. The van der Waals surface area contributed by atoms with Crippen LogP contribution in [0, 0.1) is 11.3 Å². The number of carbonyl (C=O) groups excluding carboxylic acids is 1. The van der Waals surface area contributed by atoms with E-state index in [0.717, 1.165) is 49.0 Å². The lowest BCUT2D eigenvalue weighted by atomic mass is 9.66. The van der Waals surface area contributed by atoms with E-state index in [9.17, 15) is 23.1 Å². The fourth-order valence-electron chi connectivity index (χ4n) is 5.96. The van der Waals surface area contributed by atoms with Crippen molar-refractivity contribution in [2.45, 2.75) is 90.6 Å². The number of rotatable bonds is 8. The lowest BCUT2D eigenvalue weighted by Crippen LogP contribution is -2.42. The molecule has 0 aromatic carbocycles. The highest BCUT2D eigenvalue weighted by atomic mass is 19.4. The molecule has 2 N–H and O–H groups in total. The molecule has 34 heavy (non-hydrogen) atoms. The molecule has 0 spiro atoms. The Morgan fingerprint density at radius 3 is 2.62 bits per heavy atom. The number of hydrogen-bond acceptors (Lipinski definition) is 4. The van der Waals surface area contributed by atoms with E-state index in [1.165, 1.54) is 6.20 Å². The number of alkyl halides is 3. The Bertz CT molecular complexity index is 907. The van der Waals surface area contributed by atoms with E-state index in [1.807, 2.05) is 0 Å². The number of hydrogen-bond donors (Lipinski definition) is 2. The summed E-state index contributed by atoms with van der Waals surface area (Å²) in [4.78, 5) is 17.7. The zero-order valence-corrected chi connectivity index (χ0v) is 20.9. The van der Waals surface area contributed by atoms with Crippen LogP contribution in [0.25, 0.3) is 5.57 Å². The zero-order chi connectivity index (χ0) is 25.3. The second kappa shape index (κ2) is 9.97. The third-order valence-electron chi connectivity index (χ3n) is 7.50. The van der Waals surface area contributed by atoms with E-state index in [2.05, 4.69) is 31.1 Å². The van der Waals surface area contributed by atoms with Gasteiger partial charge in [-0.05, 0) is 87.5 Å². The van der Waals surface area contributed by atoms with E-state index in [0.29, 0.717) is 31.6 Å². The molecule has 1 unspecified atom stereocenters. The monoisotopic (exact) mass is 481 g/mol. The molecule has 190 valence electrons. The van der Waals surface area contributed by atoms with Gasteiger partial charge in [0.2, 0.25) is 6.41 Å². The number of nitrogens with zero attached hydrogens (tertiary/aromatic N) is 2. The Kier molecular flexibility index (Phi) is 7.82. The van der Waals surface area contributed by atoms with Crippen LogP contribution in [0.2, 0.25) is 0 Å². The first-order valence-electron chi connectivity index (χ1n) is 12.2. The summed E-state index contributed by atoms with van der Waals surface area (Å²) in [6.45, 7) is 10.9. The quantitative estimate of drug-likeness (QED) is 0.510. The third kappa shape index (κ3) is 6.00. The SMILES string of the molecule is CC(CC(C)(C)O)N[C@@H]1CC[C@@](C2=C(c3cc(C(F)(F)F)ccn3)CCN(C=O)C2)(C(C)C)C1. The van der Waals surface area contributed by atoms with Gasteiger partial charge in [0.1, 0.15) is 0 Å². The van der Waals surface area contributed by atoms with Crippen molar-refractivity contribution in [3.8, 4) is 0 Å². The molecule has 0 radical (unpaired) electrons. The largest absolute Gasteiger partial charge is 0.416 e. The van der Waals surface area contributed by atoms with Crippen molar-refractivity contribution in [1.82, 2.24) is 15.2 Å². The molecule has 1 aliphatic heterocycles. The van der Waals surface area contributed by atoms with Gasteiger partial charge in [-0.25, -0.2) is 0 Å². The van der Waals surface area contributed by atoms with Gasteiger partial charge in [-0.15, -0.1) is 0 Å². The molecule has 1 saturated carbocycles. The van der Waals surface area contributed by atoms with Crippen molar-refractivity contribution in [3.63, 3.8) is 0 Å². The number of nitrogens with one attached hydrogen (secondary N) is 1. The molecular weight excluding hydrogens is 443 g/mol. The van der Waals surface area contributed by atoms with Gasteiger partial charge >= 0.3 is 6.18 Å². The number of aromatic nitrogens is 1. The molecule has 1 amide bonds. The van der Waals surface area contributed by atoms with Crippen molar-refractivity contribution in [2.24, 2.45) is 11.3 Å². The number of pyridine rings is 1. The molecular formula is C26H38F3N3O2. The number of halogens is 3. The van der Waals surface area contributed by atoms with Crippen molar-refractivity contribution < 1.29 is 23.1 Å². The van der Waals surface area contributed by atoms with Crippen LogP contribution >= 0.6 is 0 Å². The molecule has 5 nitrogen and oxygen atoms in total. The van der Waals surface area contributed by atoms with Crippen LogP contribution in [0.3, 0.4) is 0 Å². The van der Waals surface area contributed by atoms with Crippen LogP contribution < -0.4 is 5.32 Å². The first kappa shape index (κ1) is 26.7. The number of aliphatic hydroxyl groups is 1. The molecule has 1 aromatic rings. The minimum atomic E-state index is -4.43. The highest BCUT2D eigenvalue weighted by Crippen LogP contribution is 2.53. The van der Waals surface area contributed by atoms with Crippen molar-refractivity contribution >= 4 is 12.0 Å². The molecule has 2 aliphatic rings. The van der Waals surface area contributed by atoms with Crippen LogP contribution in [-0.2, 0) is 11.0 Å². The lowest BCUT2D eigenvalue weighted by Gasteiger charge is -2.42. The average molecular weight is 482 g/mol. The Labute approximate surface area is 200 Å². The molecule has 0 bridgehead atoms. The molecule has 8 heteroatoms. The predicted octanol–water partition coefficient (Wildman–Crippen LogP) is 5.05. The summed E-state index contributed by atoms with van der Waals surface area (Å²) >= 11 is 0. The molecule has 0 saturated heterocycles. The molecule has 3 rings (SSSR count). The predicted molar refractivity (Wildman–Crippen MR) is 127 cm³/mol. The van der Waals surface area contributed by atoms with Crippen LogP contribution in [0.1, 0.15) is 78.0 Å². The van der Waals surface area contributed by atoms with Crippen LogP contribution in [-0.4, -0.2) is 52.2 Å². The Hall–Kier alpha value is -1.93. The second-order valence-corrected chi connectivity index (χ2v) is 11.0. The summed E-state index contributed by atoms with van der Waals surface area (Å²) in [5.74, 6) is 0.242. The topological polar surface area (TPSA) is 65.5 Å².